The third kappa shape index (κ3) is 4.58. The van der Waals surface area contributed by atoms with Crippen molar-refractivity contribution in [3.05, 3.63) is 94.7 Å². The predicted molar refractivity (Wildman–Crippen MR) is 177 cm³/mol. The molecule has 4 heterocycles. The fourth-order valence-corrected chi connectivity index (χ4v) is 7.35. The van der Waals surface area contributed by atoms with E-state index >= 15 is 4.39 Å². The van der Waals surface area contributed by atoms with Crippen molar-refractivity contribution in [3.8, 4) is 28.3 Å². The van der Waals surface area contributed by atoms with Gasteiger partial charge in [0.25, 0.3) is 0 Å². The number of benzene rings is 3. The number of nitrogens with zero attached hydrogens (tertiary/aromatic N) is 5. The van der Waals surface area contributed by atoms with Crippen LogP contribution in [0.25, 0.3) is 44.1 Å². The van der Waals surface area contributed by atoms with Crippen LogP contribution in [0.4, 0.5) is 4.39 Å². The van der Waals surface area contributed by atoms with E-state index in [1.807, 2.05) is 53.4 Å². The van der Waals surface area contributed by atoms with Crippen LogP contribution in [-0.2, 0) is 16.9 Å². The maximum Gasteiger partial charge on any atom is 0.226 e. The molecule has 0 amide bonds. The van der Waals surface area contributed by atoms with Gasteiger partial charge in [0.1, 0.15) is 18.0 Å². The Morgan fingerprint density at radius 1 is 1.13 bits per heavy atom. The first-order valence-corrected chi connectivity index (χ1v) is 16.7. The highest BCUT2D eigenvalue weighted by atomic mass is 35.5. The zero-order chi connectivity index (χ0) is 31.6. The molecular weight excluding hydrogens is 625 g/mol. The highest BCUT2D eigenvalue weighted by molar-refractivity contribution is 7.98. The molecule has 0 radical (unpaired) electrons. The fraction of sp³-hybridized carbons (Fsp3) is 0.257. The number of fused-ring (bicyclic) bond motifs is 5. The number of pyridine rings is 1. The fourth-order valence-electron chi connectivity index (χ4n) is 6.73. The van der Waals surface area contributed by atoms with Crippen molar-refractivity contribution in [1.29, 1.82) is 0 Å². The standard InChI is InChI=1S/C35H29ClFN5O3S/c1-35(43)29-21(28-32(35)40-34(46-2)41-33(28)45-18-19-8-4-3-5-9-19)13-14-38-31(29)27-22-17-39-42(25-10-6-7-15-44-25)24(22)16-20-11-12-23(37)30(36)26(20)27/h3-5,8-9,11-14,16-17,25,43H,6-7,10,15,18H2,1-2H3. The molecule has 1 fully saturated rings. The van der Waals surface area contributed by atoms with Crippen LogP contribution < -0.4 is 4.74 Å². The quantitative estimate of drug-likeness (QED) is 0.142. The third-order valence-corrected chi connectivity index (χ3v) is 9.78. The Hall–Kier alpha value is -4.09. The summed E-state index contributed by atoms with van der Waals surface area (Å²) in [7, 11) is 0. The summed E-state index contributed by atoms with van der Waals surface area (Å²) in [6.45, 7) is 2.64. The van der Waals surface area contributed by atoms with Crippen molar-refractivity contribution in [2.75, 3.05) is 12.9 Å². The average molecular weight is 654 g/mol. The molecule has 1 N–H and O–H groups in total. The summed E-state index contributed by atoms with van der Waals surface area (Å²) in [5, 5.41) is 19.5. The number of rotatable bonds is 6. The number of thioether (sulfide) groups is 1. The lowest BCUT2D eigenvalue weighted by atomic mass is 9.88. The first-order chi connectivity index (χ1) is 22.4. The number of halogens is 2. The molecular formula is C35H29ClFN5O3S. The Labute approximate surface area is 273 Å². The van der Waals surface area contributed by atoms with E-state index in [0.717, 1.165) is 41.1 Å². The van der Waals surface area contributed by atoms with E-state index in [1.54, 1.807) is 25.4 Å². The van der Waals surface area contributed by atoms with Gasteiger partial charge in [-0.15, -0.1) is 0 Å². The van der Waals surface area contributed by atoms with Crippen LogP contribution in [0.1, 0.15) is 49.2 Å². The van der Waals surface area contributed by atoms with Crippen LogP contribution in [0.15, 0.2) is 72.1 Å². The summed E-state index contributed by atoms with van der Waals surface area (Å²) >= 11 is 8.11. The summed E-state index contributed by atoms with van der Waals surface area (Å²) in [5.74, 6) is -0.184. The van der Waals surface area contributed by atoms with Crippen molar-refractivity contribution >= 4 is 45.0 Å². The smallest absolute Gasteiger partial charge is 0.226 e. The Morgan fingerprint density at radius 3 is 2.76 bits per heavy atom. The van der Waals surface area contributed by atoms with Gasteiger partial charge < -0.3 is 14.6 Å². The van der Waals surface area contributed by atoms with E-state index in [4.69, 9.17) is 41.1 Å². The lowest BCUT2D eigenvalue weighted by Gasteiger charge is -2.24. The minimum Gasteiger partial charge on any atom is -0.472 e. The maximum absolute atomic E-state index is 15.2. The van der Waals surface area contributed by atoms with Gasteiger partial charge in [-0.05, 0) is 67.2 Å². The van der Waals surface area contributed by atoms with Crippen LogP contribution in [0, 0.1) is 5.82 Å². The van der Waals surface area contributed by atoms with Crippen molar-refractivity contribution < 1.29 is 19.0 Å². The van der Waals surface area contributed by atoms with E-state index in [-0.39, 0.29) is 17.9 Å². The van der Waals surface area contributed by atoms with Gasteiger partial charge in [-0.2, -0.15) is 10.1 Å². The third-order valence-electron chi connectivity index (χ3n) is 8.86. The van der Waals surface area contributed by atoms with Crippen LogP contribution in [-0.4, -0.2) is 42.7 Å². The molecule has 1 aliphatic carbocycles. The number of hydrogen-bond donors (Lipinski definition) is 1. The molecule has 1 saturated heterocycles. The molecule has 2 unspecified atom stereocenters. The minimum absolute atomic E-state index is 0.0260. The highest BCUT2D eigenvalue weighted by Crippen LogP contribution is 2.54. The zero-order valence-corrected chi connectivity index (χ0v) is 26.7. The Bertz CT molecular complexity index is 2150. The molecule has 2 aliphatic rings. The van der Waals surface area contributed by atoms with E-state index in [1.165, 1.54) is 17.8 Å². The largest absolute Gasteiger partial charge is 0.472 e. The van der Waals surface area contributed by atoms with Gasteiger partial charge in [0, 0.05) is 34.7 Å². The van der Waals surface area contributed by atoms with Gasteiger partial charge in [0.15, 0.2) is 11.4 Å². The molecule has 0 bridgehead atoms. The lowest BCUT2D eigenvalue weighted by Crippen LogP contribution is -2.23. The van der Waals surface area contributed by atoms with Gasteiger partial charge in [-0.25, -0.2) is 14.1 Å². The maximum atomic E-state index is 15.2. The summed E-state index contributed by atoms with van der Waals surface area (Å²) in [6.07, 6.45) is 7.96. The second-order valence-corrected chi connectivity index (χ2v) is 12.9. The SMILES string of the molecule is CSc1nc(OCc2ccccc2)c2c(n1)C(C)(O)c1c-2ccnc1-c1c2cnn(C3CCCCO3)c2cc2ccc(F)c(Cl)c12. The van der Waals surface area contributed by atoms with Gasteiger partial charge in [0.05, 0.1) is 33.7 Å². The van der Waals surface area contributed by atoms with Crippen molar-refractivity contribution in [2.24, 2.45) is 0 Å². The zero-order valence-electron chi connectivity index (χ0n) is 25.1. The molecule has 46 heavy (non-hydrogen) atoms. The summed E-state index contributed by atoms with van der Waals surface area (Å²) < 4.78 is 29.5. The summed E-state index contributed by atoms with van der Waals surface area (Å²) in [6, 6.07) is 16.7. The minimum atomic E-state index is -1.59. The average Bonchev–Trinajstić information content (AvgIpc) is 3.61. The van der Waals surface area contributed by atoms with Gasteiger partial charge in [-0.3, -0.25) is 4.98 Å². The van der Waals surface area contributed by atoms with E-state index in [2.05, 4.69) is 0 Å². The second kappa shape index (κ2) is 11.3. The number of ether oxygens (including phenoxy) is 2. The van der Waals surface area contributed by atoms with E-state index < -0.39 is 11.4 Å². The normalized spacial score (nSPS) is 19.0. The first-order valence-electron chi connectivity index (χ1n) is 15.1. The molecule has 6 aromatic rings. The predicted octanol–water partition coefficient (Wildman–Crippen LogP) is 8.07. The number of aliphatic hydroxyl groups is 1. The molecule has 3 aromatic heterocycles. The number of hydrogen-bond acceptors (Lipinski definition) is 8. The van der Waals surface area contributed by atoms with Crippen LogP contribution >= 0.6 is 23.4 Å². The highest BCUT2D eigenvalue weighted by Gasteiger charge is 2.45. The van der Waals surface area contributed by atoms with Gasteiger partial charge in [-0.1, -0.05) is 59.8 Å². The van der Waals surface area contributed by atoms with Gasteiger partial charge >= 0.3 is 0 Å². The second-order valence-electron chi connectivity index (χ2n) is 11.7. The summed E-state index contributed by atoms with van der Waals surface area (Å²) in [5.41, 5.74) is 3.43. The molecule has 2 atom stereocenters. The molecule has 232 valence electrons. The molecule has 0 saturated carbocycles. The Kier molecular flexibility index (Phi) is 7.21. The molecule has 8 nitrogen and oxygen atoms in total. The van der Waals surface area contributed by atoms with Crippen molar-refractivity contribution in [1.82, 2.24) is 24.7 Å². The lowest BCUT2D eigenvalue weighted by molar-refractivity contribution is -0.0366. The molecule has 3 aromatic carbocycles. The first kappa shape index (κ1) is 29.3. The molecule has 8 rings (SSSR count). The monoisotopic (exact) mass is 653 g/mol. The molecule has 1 aliphatic heterocycles. The van der Waals surface area contributed by atoms with Crippen molar-refractivity contribution in [3.63, 3.8) is 0 Å². The van der Waals surface area contributed by atoms with Crippen LogP contribution in [0.3, 0.4) is 0 Å². The Balaban J connectivity index is 1.38. The van der Waals surface area contributed by atoms with Crippen molar-refractivity contribution in [2.45, 2.75) is 49.8 Å². The van der Waals surface area contributed by atoms with E-state index in [9.17, 15) is 5.11 Å². The molecule has 0 spiro atoms. The topological polar surface area (TPSA) is 95.2 Å². The van der Waals surface area contributed by atoms with Crippen LogP contribution in [0.2, 0.25) is 5.02 Å². The number of aromatic nitrogens is 5. The van der Waals surface area contributed by atoms with E-state index in [0.29, 0.717) is 56.7 Å². The van der Waals surface area contributed by atoms with Crippen LogP contribution in [0.5, 0.6) is 5.88 Å². The molecule has 11 heteroatoms. The summed E-state index contributed by atoms with van der Waals surface area (Å²) in [4.78, 5) is 14.4. The Morgan fingerprint density at radius 2 is 1.98 bits per heavy atom. The van der Waals surface area contributed by atoms with Gasteiger partial charge in [0.2, 0.25) is 5.88 Å².